The summed E-state index contributed by atoms with van der Waals surface area (Å²) in [7, 11) is 0. The zero-order valence-electron chi connectivity index (χ0n) is 9.16. The van der Waals surface area contributed by atoms with Gasteiger partial charge in [-0.2, -0.15) is 5.26 Å². The smallest absolute Gasteiger partial charge is 0.119 e. The van der Waals surface area contributed by atoms with Crippen molar-refractivity contribution in [1.82, 2.24) is 0 Å². The van der Waals surface area contributed by atoms with Gasteiger partial charge in [-0.3, -0.25) is 0 Å². The van der Waals surface area contributed by atoms with Crippen molar-refractivity contribution >= 4 is 5.57 Å². The average Bonchev–Trinajstić information content (AvgIpc) is 2.28. The first-order valence-corrected chi connectivity index (χ1v) is 5.15. The molecule has 0 saturated heterocycles. The first-order valence-electron chi connectivity index (χ1n) is 5.15. The number of hydrogen-bond acceptors (Lipinski definition) is 2. The lowest BCUT2D eigenvalue weighted by atomic mass is 10.1. The molecule has 0 heterocycles. The van der Waals surface area contributed by atoms with Gasteiger partial charge in [-0.25, -0.2) is 0 Å². The quantitative estimate of drug-likeness (QED) is 0.699. The Morgan fingerprint density at radius 1 is 1.33 bits per heavy atom. The first kappa shape index (κ1) is 11.3. The maximum absolute atomic E-state index is 8.93. The Morgan fingerprint density at radius 3 is 2.47 bits per heavy atom. The summed E-state index contributed by atoms with van der Waals surface area (Å²) in [5.74, 6) is 0.843. The maximum atomic E-state index is 8.93. The highest BCUT2D eigenvalue weighted by atomic mass is 16.5. The molecule has 0 aliphatic heterocycles. The molecule has 0 atom stereocenters. The molecule has 0 saturated carbocycles. The lowest BCUT2D eigenvalue weighted by Crippen LogP contribution is -1.91. The molecule has 0 spiro atoms. The summed E-state index contributed by atoms with van der Waals surface area (Å²) >= 11 is 0. The van der Waals surface area contributed by atoms with Crippen LogP contribution in [0.1, 0.15) is 25.8 Å². The topological polar surface area (TPSA) is 33.0 Å². The lowest BCUT2D eigenvalue weighted by Gasteiger charge is -2.03. The molecule has 0 unspecified atom stereocenters. The summed E-state index contributed by atoms with van der Waals surface area (Å²) < 4.78 is 5.33. The van der Waals surface area contributed by atoms with Gasteiger partial charge >= 0.3 is 0 Å². The molecular weight excluding hydrogens is 186 g/mol. The molecule has 1 rings (SSSR count). The normalized spacial score (nSPS) is 10.9. The minimum absolute atomic E-state index is 0.662. The molecule has 1 aromatic carbocycles. The van der Waals surface area contributed by atoms with Crippen molar-refractivity contribution < 1.29 is 4.74 Å². The summed E-state index contributed by atoms with van der Waals surface area (Å²) in [4.78, 5) is 0. The van der Waals surface area contributed by atoms with Gasteiger partial charge in [0.1, 0.15) is 5.75 Å². The molecule has 0 fully saturated rings. The van der Waals surface area contributed by atoms with Crippen LogP contribution in [-0.2, 0) is 0 Å². The largest absolute Gasteiger partial charge is 0.494 e. The van der Waals surface area contributed by atoms with Crippen LogP contribution in [0.4, 0.5) is 0 Å². The third-order valence-corrected chi connectivity index (χ3v) is 2.01. The van der Waals surface area contributed by atoms with Crippen LogP contribution < -0.4 is 4.74 Å². The van der Waals surface area contributed by atoms with Gasteiger partial charge in [0.05, 0.1) is 18.2 Å². The molecule has 0 N–H and O–H groups in total. The molecule has 0 aliphatic rings. The molecule has 0 aliphatic carbocycles. The second-order valence-corrected chi connectivity index (χ2v) is 3.10. The molecule has 15 heavy (non-hydrogen) atoms. The molecule has 0 aromatic heterocycles. The van der Waals surface area contributed by atoms with Crippen LogP contribution in [0, 0.1) is 11.3 Å². The molecule has 2 heteroatoms. The molecule has 2 nitrogen and oxygen atoms in total. The van der Waals surface area contributed by atoms with Gasteiger partial charge in [0.25, 0.3) is 0 Å². The molecule has 0 bridgehead atoms. The second-order valence-electron chi connectivity index (χ2n) is 3.10. The van der Waals surface area contributed by atoms with Gasteiger partial charge < -0.3 is 4.74 Å². The Kier molecular flexibility index (Phi) is 4.43. The Morgan fingerprint density at radius 2 is 2.00 bits per heavy atom. The van der Waals surface area contributed by atoms with Crippen LogP contribution >= 0.6 is 0 Å². The van der Waals surface area contributed by atoms with Crippen molar-refractivity contribution in [3.8, 4) is 11.8 Å². The Balaban J connectivity index is 2.88. The van der Waals surface area contributed by atoms with E-state index in [4.69, 9.17) is 10.00 Å². The van der Waals surface area contributed by atoms with E-state index in [0.29, 0.717) is 6.61 Å². The third kappa shape index (κ3) is 3.14. The highest BCUT2D eigenvalue weighted by Crippen LogP contribution is 2.18. The minimum atomic E-state index is 0.662. The summed E-state index contributed by atoms with van der Waals surface area (Å²) in [6.45, 7) is 4.63. The standard InChI is InChI=1S/C13H15NO/c1-3-5-12(10-14)11-6-8-13(9-7-11)15-4-2/h5-9H,3-4H2,1-2H3/b12-5+. The summed E-state index contributed by atoms with van der Waals surface area (Å²) in [6, 6.07) is 9.79. The molecule has 0 radical (unpaired) electrons. The van der Waals surface area contributed by atoms with E-state index in [9.17, 15) is 0 Å². The summed E-state index contributed by atoms with van der Waals surface area (Å²) in [5.41, 5.74) is 1.67. The molecule has 0 amide bonds. The third-order valence-electron chi connectivity index (χ3n) is 2.01. The highest BCUT2D eigenvalue weighted by Gasteiger charge is 1.99. The second kappa shape index (κ2) is 5.87. The molecule has 1 aromatic rings. The zero-order valence-corrected chi connectivity index (χ0v) is 9.16. The highest BCUT2D eigenvalue weighted by molar-refractivity contribution is 5.76. The van der Waals surface area contributed by atoms with Crippen molar-refractivity contribution in [1.29, 1.82) is 5.26 Å². The number of ether oxygens (including phenoxy) is 1. The predicted molar refractivity (Wildman–Crippen MR) is 61.5 cm³/mol. The maximum Gasteiger partial charge on any atom is 0.119 e. The number of nitriles is 1. The Labute approximate surface area is 90.8 Å². The van der Waals surface area contributed by atoms with E-state index in [2.05, 4.69) is 6.07 Å². The molecule has 78 valence electrons. The van der Waals surface area contributed by atoms with Crippen molar-refractivity contribution in [2.45, 2.75) is 20.3 Å². The zero-order chi connectivity index (χ0) is 11.1. The van der Waals surface area contributed by atoms with Crippen LogP contribution in [0.5, 0.6) is 5.75 Å². The monoisotopic (exact) mass is 201 g/mol. The predicted octanol–water partition coefficient (Wildman–Crippen LogP) is 3.40. The van der Waals surface area contributed by atoms with Gasteiger partial charge in [0, 0.05) is 0 Å². The van der Waals surface area contributed by atoms with E-state index in [-0.39, 0.29) is 0 Å². The minimum Gasteiger partial charge on any atom is -0.494 e. The number of allylic oxidation sites excluding steroid dienone is 2. The Bertz CT molecular complexity index is 371. The van der Waals surface area contributed by atoms with Crippen molar-refractivity contribution in [2.75, 3.05) is 6.61 Å². The Hall–Kier alpha value is -1.75. The number of benzene rings is 1. The van der Waals surface area contributed by atoms with Gasteiger partial charge in [-0.1, -0.05) is 13.0 Å². The fraction of sp³-hybridized carbons (Fsp3) is 0.308. The van der Waals surface area contributed by atoms with Gasteiger partial charge in [0.2, 0.25) is 0 Å². The number of nitrogens with zero attached hydrogens (tertiary/aromatic N) is 1. The van der Waals surface area contributed by atoms with Crippen LogP contribution in [0.25, 0.3) is 5.57 Å². The van der Waals surface area contributed by atoms with Gasteiger partial charge in [-0.15, -0.1) is 0 Å². The van der Waals surface area contributed by atoms with Crippen LogP contribution in [0.2, 0.25) is 0 Å². The van der Waals surface area contributed by atoms with E-state index in [1.165, 1.54) is 0 Å². The lowest BCUT2D eigenvalue weighted by molar-refractivity contribution is 0.340. The van der Waals surface area contributed by atoms with E-state index in [0.717, 1.165) is 23.3 Å². The van der Waals surface area contributed by atoms with E-state index >= 15 is 0 Å². The molecular formula is C13H15NO. The van der Waals surface area contributed by atoms with Crippen molar-refractivity contribution in [3.05, 3.63) is 35.9 Å². The van der Waals surface area contributed by atoms with Crippen LogP contribution in [0.15, 0.2) is 30.3 Å². The summed E-state index contributed by atoms with van der Waals surface area (Å²) in [6.07, 6.45) is 2.80. The van der Waals surface area contributed by atoms with Crippen molar-refractivity contribution in [3.63, 3.8) is 0 Å². The van der Waals surface area contributed by atoms with E-state index in [1.54, 1.807) is 0 Å². The fourth-order valence-corrected chi connectivity index (χ4v) is 1.33. The van der Waals surface area contributed by atoms with Gasteiger partial charge in [0.15, 0.2) is 0 Å². The fourth-order valence-electron chi connectivity index (χ4n) is 1.33. The number of hydrogen-bond donors (Lipinski definition) is 0. The van der Waals surface area contributed by atoms with E-state index < -0.39 is 0 Å². The van der Waals surface area contributed by atoms with Gasteiger partial charge in [-0.05, 0) is 43.2 Å². The number of rotatable bonds is 4. The van der Waals surface area contributed by atoms with Crippen LogP contribution in [0.3, 0.4) is 0 Å². The summed E-state index contributed by atoms with van der Waals surface area (Å²) in [5, 5.41) is 8.93. The van der Waals surface area contributed by atoms with Crippen molar-refractivity contribution in [2.24, 2.45) is 0 Å². The van der Waals surface area contributed by atoms with Crippen LogP contribution in [-0.4, -0.2) is 6.61 Å². The SMILES string of the molecule is CC/C=C(\C#N)c1ccc(OCC)cc1. The average molecular weight is 201 g/mol. The van der Waals surface area contributed by atoms with E-state index in [1.807, 2.05) is 44.2 Å². The first-order chi connectivity index (χ1) is 7.31.